The van der Waals surface area contributed by atoms with Gasteiger partial charge in [0, 0.05) is 12.0 Å². The summed E-state index contributed by atoms with van der Waals surface area (Å²) in [5, 5.41) is 14.1. The molecule has 2 saturated heterocycles. The lowest BCUT2D eigenvalue weighted by molar-refractivity contribution is -0.0720. The Kier molecular flexibility index (Phi) is 4.85. The summed E-state index contributed by atoms with van der Waals surface area (Å²) in [5.74, 6) is 3.69. The van der Waals surface area contributed by atoms with Crippen molar-refractivity contribution in [1.82, 2.24) is 5.32 Å². The first-order chi connectivity index (χ1) is 14.8. The zero-order valence-corrected chi connectivity index (χ0v) is 20.1. The zero-order valence-electron chi connectivity index (χ0n) is 20.1. The van der Waals surface area contributed by atoms with Crippen LogP contribution in [0, 0.1) is 35.0 Å². The minimum Gasteiger partial charge on any atom is -0.393 e. The second-order valence-corrected chi connectivity index (χ2v) is 12.7. The first-order valence-electron chi connectivity index (χ1n) is 13.3. The van der Waals surface area contributed by atoms with Crippen molar-refractivity contribution in [2.75, 3.05) is 6.54 Å². The average Bonchev–Trinajstić information content (AvgIpc) is 3.19. The third-order valence-corrected chi connectivity index (χ3v) is 11.0. The predicted octanol–water partition coefficient (Wildman–Crippen LogP) is 5.39. The Balaban J connectivity index is 1.28. The third kappa shape index (κ3) is 3.02. The molecule has 1 spiro atoms. The van der Waals surface area contributed by atoms with Gasteiger partial charge in [-0.05, 0) is 100 Å². The van der Waals surface area contributed by atoms with Gasteiger partial charge in [0.2, 0.25) is 0 Å². The smallest absolute Gasteiger partial charge is 0.0765 e. The van der Waals surface area contributed by atoms with E-state index >= 15 is 0 Å². The molecule has 2 heterocycles. The van der Waals surface area contributed by atoms with Crippen LogP contribution in [-0.4, -0.2) is 35.5 Å². The van der Waals surface area contributed by atoms with E-state index in [1.54, 1.807) is 16.7 Å². The largest absolute Gasteiger partial charge is 0.393 e. The van der Waals surface area contributed by atoms with Gasteiger partial charge in [0.1, 0.15) is 0 Å². The Morgan fingerprint density at radius 1 is 1.16 bits per heavy atom. The van der Waals surface area contributed by atoms with Crippen LogP contribution in [0.3, 0.4) is 0 Å². The minimum atomic E-state index is -0.107. The topological polar surface area (TPSA) is 41.5 Å². The third-order valence-electron chi connectivity index (χ3n) is 11.0. The highest BCUT2D eigenvalue weighted by Gasteiger charge is 2.58. The molecule has 0 amide bonds. The molecule has 6 rings (SSSR count). The highest BCUT2D eigenvalue weighted by molar-refractivity contribution is 5.33. The van der Waals surface area contributed by atoms with Gasteiger partial charge in [-0.2, -0.15) is 0 Å². The fourth-order valence-corrected chi connectivity index (χ4v) is 9.21. The molecule has 172 valence electrons. The van der Waals surface area contributed by atoms with Crippen LogP contribution in [0.4, 0.5) is 0 Å². The molecule has 0 radical (unpaired) electrons. The number of nitrogens with one attached hydrogen (secondary N) is 1. The number of rotatable bonds is 0. The maximum atomic E-state index is 10.3. The molecule has 4 fully saturated rings. The molecule has 10 atom stereocenters. The molecule has 2 saturated carbocycles. The molecule has 0 aromatic heterocycles. The van der Waals surface area contributed by atoms with Crippen LogP contribution in [0.1, 0.15) is 85.5 Å². The average molecular weight is 426 g/mol. The van der Waals surface area contributed by atoms with E-state index in [9.17, 15) is 5.11 Å². The standard InChI is InChI=1S/C28H43NO2/c1-16-11-25-26(29-15-16)18(3)28(31-25)10-8-21-22-6-5-19-12-20(30)7-9-27(19,4)24(22)13-23(21)17(2)14-28/h5,16,18,20-22,24-26,29-30H,6-15H2,1-4H3/t16-,18+,20-,21-,22-,24-,25?,26-,27-,28-/m0/s1. The molecule has 31 heavy (non-hydrogen) atoms. The van der Waals surface area contributed by atoms with Crippen LogP contribution in [0.15, 0.2) is 22.8 Å². The molecule has 0 bridgehead atoms. The van der Waals surface area contributed by atoms with E-state index in [1.807, 2.05) is 0 Å². The fourth-order valence-electron chi connectivity index (χ4n) is 9.21. The molecule has 1 unspecified atom stereocenters. The Morgan fingerprint density at radius 3 is 2.84 bits per heavy atom. The van der Waals surface area contributed by atoms with Gasteiger partial charge in [-0.1, -0.05) is 43.6 Å². The number of piperidine rings is 1. The van der Waals surface area contributed by atoms with Crippen molar-refractivity contribution >= 4 is 0 Å². The van der Waals surface area contributed by atoms with E-state index in [0.717, 1.165) is 49.5 Å². The van der Waals surface area contributed by atoms with Gasteiger partial charge in [0.25, 0.3) is 0 Å². The SMILES string of the molecule is CC1=C2C[C@H]3[C@@H](CC=C4C[C@@H](O)CC[C@@]43C)[C@@H]2CC[C@@]2(C1)OC1C[C@H](C)CN[C@H]1[C@H]2C. The van der Waals surface area contributed by atoms with Crippen molar-refractivity contribution in [3.63, 3.8) is 0 Å². The molecule has 2 aliphatic heterocycles. The summed E-state index contributed by atoms with van der Waals surface area (Å²) >= 11 is 0. The van der Waals surface area contributed by atoms with Crippen LogP contribution in [0.5, 0.6) is 0 Å². The fraction of sp³-hybridized carbons (Fsp3) is 0.857. The summed E-state index contributed by atoms with van der Waals surface area (Å²) in [4.78, 5) is 0. The summed E-state index contributed by atoms with van der Waals surface area (Å²) in [7, 11) is 0. The van der Waals surface area contributed by atoms with Crippen LogP contribution in [-0.2, 0) is 4.74 Å². The Labute approximate surface area is 189 Å². The number of hydrogen-bond acceptors (Lipinski definition) is 3. The molecule has 3 nitrogen and oxygen atoms in total. The lowest BCUT2D eigenvalue weighted by Crippen LogP contribution is -2.48. The molecule has 0 aromatic carbocycles. The summed E-state index contributed by atoms with van der Waals surface area (Å²) in [6, 6.07) is 0.549. The van der Waals surface area contributed by atoms with Crippen molar-refractivity contribution in [3.05, 3.63) is 22.8 Å². The van der Waals surface area contributed by atoms with E-state index in [-0.39, 0.29) is 11.7 Å². The molecular formula is C28H43NO2. The molecule has 2 N–H and O–H groups in total. The maximum Gasteiger partial charge on any atom is 0.0765 e. The van der Waals surface area contributed by atoms with Crippen molar-refractivity contribution < 1.29 is 9.84 Å². The van der Waals surface area contributed by atoms with Gasteiger partial charge in [-0.25, -0.2) is 0 Å². The molecular weight excluding hydrogens is 382 g/mol. The maximum absolute atomic E-state index is 10.3. The minimum absolute atomic E-state index is 0.0534. The van der Waals surface area contributed by atoms with Gasteiger partial charge in [0.05, 0.1) is 17.8 Å². The van der Waals surface area contributed by atoms with E-state index in [1.165, 1.54) is 38.5 Å². The lowest BCUT2D eigenvalue weighted by Gasteiger charge is -2.49. The highest BCUT2D eigenvalue weighted by atomic mass is 16.5. The van der Waals surface area contributed by atoms with Crippen molar-refractivity contribution in [2.45, 2.75) is 109 Å². The van der Waals surface area contributed by atoms with Gasteiger partial charge in [0.15, 0.2) is 0 Å². The molecule has 4 aliphatic carbocycles. The van der Waals surface area contributed by atoms with Crippen LogP contribution >= 0.6 is 0 Å². The normalized spacial score (nSPS) is 54.0. The predicted molar refractivity (Wildman–Crippen MR) is 125 cm³/mol. The summed E-state index contributed by atoms with van der Waals surface area (Å²) in [6.07, 6.45) is 13.4. The first-order valence-corrected chi connectivity index (χ1v) is 13.3. The monoisotopic (exact) mass is 425 g/mol. The van der Waals surface area contributed by atoms with Crippen LogP contribution in [0.2, 0.25) is 0 Å². The van der Waals surface area contributed by atoms with Gasteiger partial charge >= 0.3 is 0 Å². The van der Waals surface area contributed by atoms with E-state index in [4.69, 9.17) is 4.74 Å². The summed E-state index contributed by atoms with van der Waals surface area (Å²) < 4.78 is 7.01. The number of hydrogen-bond donors (Lipinski definition) is 2. The molecule has 0 aromatic rings. The van der Waals surface area contributed by atoms with Crippen molar-refractivity contribution in [1.29, 1.82) is 0 Å². The van der Waals surface area contributed by atoms with Gasteiger partial charge < -0.3 is 15.2 Å². The highest BCUT2D eigenvalue weighted by Crippen LogP contribution is 2.63. The second kappa shape index (κ2) is 7.18. The number of aliphatic hydroxyl groups is 1. The van der Waals surface area contributed by atoms with E-state index in [0.29, 0.717) is 23.5 Å². The van der Waals surface area contributed by atoms with Gasteiger partial charge in [-0.15, -0.1) is 0 Å². The van der Waals surface area contributed by atoms with Crippen molar-refractivity contribution in [2.24, 2.45) is 35.0 Å². The number of ether oxygens (including phenoxy) is 1. The summed E-state index contributed by atoms with van der Waals surface area (Å²) in [6.45, 7) is 11.0. The Bertz CT molecular complexity index is 816. The first kappa shape index (κ1) is 20.9. The molecule has 3 heteroatoms. The lowest BCUT2D eigenvalue weighted by atomic mass is 9.56. The van der Waals surface area contributed by atoms with Crippen molar-refractivity contribution in [3.8, 4) is 0 Å². The van der Waals surface area contributed by atoms with Crippen LogP contribution in [0.25, 0.3) is 0 Å². The molecule has 6 aliphatic rings. The number of aliphatic hydroxyl groups excluding tert-OH is 1. The summed E-state index contributed by atoms with van der Waals surface area (Å²) in [5.41, 5.74) is 5.43. The number of allylic oxidation sites excluding steroid dienone is 2. The quantitative estimate of drug-likeness (QED) is 0.511. The van der Waals surface area contributed by atoms with Gasteiger partial charge in [-0.3, -0.25) is 0 Å². The number of fused-ring (bicyclic) bond motifs is 6. The van der Waals surface area contributed by atoms with E-state index in [2.05, 4.69) is 39.1 Å². The van der Waals surface area contributed by atoms with Crippen LogP contribution < -0.4 is 5.32 Å². The zero-order chi connectivity index (χ0) is 21.5. The van der Waals surface area contributed by atoms with E-state index < -0.39 is 0 Å². The Hall–Kier alpha value is -0.640. The second-order valence-electron chi connectivity index (χ2n) is 12.7. The Morgan fingerprint density at radius 2 is 2.00 bits per heavy atom.